The predicted molar refractivity (Wildman–Crippen MR) is 76.7 cm³/mol. The summed E-state index contributed by atoms with van der Waals surface area (Å²) in [4.78, 5) is 7.77. The van der Waals surface area contributed by atoms with E-state index in [1.54, 1.807) is 13.8 Å². The van der Waals surface area contributed by atoms with Crippen molar-refractivity contribution in [2.75, 3.05) is 4.72 Å². The molecule has 9 heteroatoms. The summed E-state index contributed by atoms with van der Waals surface area (Å²) in [7, 11) is -3.75. The van der Waals surface area contributed by atoms with E-state index in [0.29, 0.717) is 15.6 Å². The second-order valence-electron chi connectivity index (χ2n) is 3.78. The molecule has 102 valence electrons. The number of hydrogen-bond donors (Lipinski definition) is 1. The Kier molecular flexibility index (Phi) is 4.00. The highest BCUT2D eigenvalue weighted by molar-refractivity contribution is 7.94. The third-order valence-electron chi connectivity index (χ3n) is 2.15. The maximum absolute atomic E-state index is 12.1. The first-order valence-corrected chi connectivity index (χ1v) is 8.13. The molecule has 0 aliphatic rings. The van der Waals surface area contributed by atoms with Gasteiger partial charge in [0.15, 0.2) is 0 Å². The topological polar surface area (TPSA) is 72.0 Å². The molecule has 0 atom stereocenters. The van der Waals surface area contributed by atoms with Crippen molar-refractivity contribution in [2.24, 2.45) is 0 Å². The number of halogens is 2. The minimum absolute atomic E-state index is 0.0628. The number of nitrogens with zero attached hydrogens (tertiary/aromatic N) is 2. The first-order chi connectivity index (χ1) is 8.78. The van der Waals surface area contributed by atoms with E-state index in [9.17, 15) is 8.42 Å². The molecule has 2 aromatic rings. The SMILES string of the molecule is Cc1cc(Cl)nc(NS(=O)(=O)c2cc(C)c(Cl)s2)n1. The van der Waals surface area contributed by atoms with Crippen molar-refractivity contribution in [1.29, 1.82) is 0 Å². The summed E-state index contributed by atoms with van der Waals surface area (Å²) < 4.78 is 27.0. The first kappa shape index (κ1) is 14.5. The Morgan fingerprint density at radius 2 is 1.89 bits per heavy atom. The van der Waals surface area contributed by atoms with Crippen LogP contribution in [0.15, 0.2) is 16.3 Å². The molecule has 0 unspecified atom stereocenters. The zero-order valence-corrected chi connectivity index (χ0v) is 13.1. The average Bonchev–Trinajstić information content (AvgIpc) is 2.57. The van der Waals surface area contributed by atoms with Crippen LogP contribution in [-0.2, 0) is 10.0 Å². The zero-order chi connectivity index (χ0) is 14.2. The molecule has 5 nitrogen and oxygen atoms in total. The fraction of sp³-hybridized carbons (Fsp3) is 0.200. The van der Waals surface area contributed by atoms with Crippen LogP contribution in [0.25, 0.3) is 0 Å². The Hall–Kier alpha value is -0.890. The van der Waals surface area contributed by atoms with Gasteiger partial charge in [-0.2, -0.15) is 0 Å². The number of aromatic nitrogens is 2. The van der Waals surface area contributed by atoms with Crippen molar-refractivity contribution in [2.45, 2.75) is 18.1 Å². The standard InChI is InChI=1S/C10H9Cl2N3O2S2/c1-5-3-8(18-9(5)12)19(16,17)15-10-13-6(2)4-7(11)14-10/h3-4H,1-2H3,(H,13,14,15). The highest BCUT2D eigenvalue weighted by atomic mass is 35.5. The molecule has 0 saturated heterocycles. The Bertz CT molecular complexity index is 689. The molecule has 2 heterocycles. The Morgan fingerprint density at radius 3 is 2.42 bits per heavy atom. The molecule has 0 aliphatic heterocycles. The van der Waals surface area contributed by atoms with Crippen molar-refractivity contribution >= 4 is 50.5 Å². The number of hydrogen-bond acceptors (Lipinski definition) is 5. The number of sulfonamides is 1. The molecule has 2 rings (SSSR count). The van der Waals surface area contributed by atoms with E-state index < -0.39 is 10.0 Å². The molecule has 0 saturated carbocycles. The number of aryl methyl sites for hydroxylation is 2. The minimum Gasteiger partial charge on any atom is -0.246 e. The van der Waals surface area contributed by atoms with Gasteiger partial charge >= 0.3 is 0 Å². The van der Waals surface area contributed by atoms with Crippen molar-refractivity contribution in [3.05, 3.63) is 32.9 Å². The van der Waals surface area contributed by atoms with Crippen LogP contribution in [0.2, 0.25) is 9.49 Å². The molecule has 0 spiro atoms. The molecular formula is C10H9Cl2N3O2S2. The lowest BCUT2D eigenvalue weighted by molar-refractivity contribution is 0.602. The predicted octanol–water partition coefficient (Wildman–Crippen LogP) is 3.26. The van der Waals surface area contributed by atoms with Crippen molar-refractivity contribution < 1.29 is 8.42 Å². The second kappa shape index (κ2) is 5.24. The smallest absolute Gasteiger partial charge is 0.246 e. The molecule has 19 heavy (non-hydrogen) atoms. The largest absolute Gasteiger partial charge is 0.273 e. The maximum Gasteiger partial charge on any atom is 0.273 e. The first-order valence-electron chi connectivity index (χ1n) is 5.08. The summed E-state index contributed by atoms with van der Waals surface area (Å²) >= 11 is 12.6. The van der Waals surface area contributed by atoms with E-state index in [-0.39, 0.29) is 15.3 Å². The molecule has 0 bridgehead atoms. The fourth-order valence-corrected chi connectivity index (χ4v) is 4.20. The highest BCUT2D eigenvalue weighted by Gasteiger charge is 2.20. The lowest BCUT2D eigenvalue weighted by Crippen LogP contribution is -2.14. The van der Waals surface area contributed by atoms with E-state index in [1.165, 1.54) is 12.1 Å². The average molecular weight is 338 g/mol. The molecule has 0 aliphatic carbocycles. The van der Waals surface area contributed by atoms with Crippen LogP contribution in [-0.4, -0.2) is 18.4 Å². The van der Waals surface area contributed by atoms with E-state index >= 15 is 0 Å². The van der Waals surface area contributed by atoms with Crippen LogP contribution in [0.1, 0.15) is 11.3 Å². The third kappa shape index (κ3) is 3.36. The van der Waals surface area contributed by atoms with Crippen LogP contribution in [0, 0.1) is 13.8 Å². The maximum atomic E-state index is 12.1. The molecule has 2 aromatic heterocycles. The van der Waals surface area contributed by atoms with Gasteiger partial charge in [-0.25, -0.2) is 23.1 Å². The molecule has 0 radical (unpaired) electrons. The lowest BCUT2D eigenvalue weighted by Gasteiger charge is -2.05. The molecule has 0 amide bonds. The summed E-state index contributed by atoms with van der Waals surface area (Å²) in [6.45, 7) is 3.43. The number of nitrogens with one attached hydrogen (secondary N) is 1. The summed E-state index contributed by atoms with van der Waals surface area (Å²) in [5.74, 6) is -0.0628. The van der Waals surface area contributed by atoms with Crippen LogP contribution >= 0.6 is 34.5 Å². The Labute approximate surface area is 124 Å². The van der Waals surface area contributed by atoms with Gasteiger partial charge in [-0.3, -0.25) is 0 Å². The van der Waals surface area contributed by atoms with Crippen molar-refractivity contribution in [3.8, 4) is 0 Å². The van der Waals surface area contributed by atoms with Gasteiger partial charge in [0.1, 0.15) is 9.36 Å². The van der Waals surface area contributed by atoms with Crippen molar-refractivity contribution in [3.63, 3.8) is 0 Å². The summed E-state index contributed by atoms with van der Waals surface area (Å²) in [5.41, 5.74) is 1.27. The Morgan fingerprint density at radius 1 is 1.21 bits per heavy atom. The monoisotopic (exact) mass is 337 g/mol. The summed E-state index contributed by atoms with van der Waals surface area (Å²) in [6, 6.07) is 3.03. The van der Waals surface area contributed by atoms with Crippen LogP contribution in [0.3, 0.4) is 0 Å². The van der Waals surface area contributed by atoms with Gasteiger partial charge in [0.2, 0.25) is 5.95 Å². The van der Waals surface area contributed by atoms with E-state index in [0.717, 1.165) is 11.3 Å². The summed E-state index contributed by atoms with van der Waals surface area (Å²) in [6.07, 6.45) is 0. The van der Waals surface area contributed by atoms with Gasteiger partial charge in [0.25, 0.3) is 10.0 Å². The molecule has 1 N–H and O–H groups in total. The lowest BCUT2D eigenvalue weighted by atomic mass is 10.4. The number of rotatable bonds is 3. The molecule has 0 fully saturated rings. The zero-order valence-electron chi connectivity index (χ0n) is 9.94. The van der Waals surface area contributed by atoms with Crippen LogP contribution in [0.5, 0.6) is 0 Å². The number of anilines is 1. The van der Waals surface area contributed by atoms with Crippen LogP contribution in [0.4, 0.5) is 5.95 Å². The van der Waals surface area contributed by atoms with E-state index in [2.05, 4.69) is 14.7 Å². The fourth-order valence-electron chi connectivity index (χ4n) is 1.31. The normalized spacial score (nSPS) is 11.6. The van der Waals surface area contributed by atoms with Gasteiger partial charge in [0.05, 0.1) is 4.34 Å². The van der Waals surface area contributed by atoms with Gasteiger partial charge in [-0.1, -0.05) is 23.2 Å². The Balaban J connectivity index is 2.36. The minimum atomic E-state index is -3.75. The van der Waals surface area contributed by atoms with Crippen LogP contribution < -0.4 is 4.72 Å². The van der Waals surface area contributed by atoms with Gasteiger partial charge in [-0.15, -0.1) is 11.3 Å². The van der Waals surface area contributed by atoms with E-state index in [4.69, 9.17) is 23.2 Å². The van der Waals surface area contributed by atoms with E-state index in [1.807, 2.05) is 0 Å². The third-order valence-corrected chi connectivity index (χ3v) is 5.70. The number of thiophene rings is 1. The molecule has 0 aromatic carbocycles. The highest BCUT2D eigenvalue weighted by Crippen LogP contribution is 2.30. The molecular weight excluding hydrogens is 329 g/mol. The second-order valence-corrected chi connectivity index (χ2v) is 7.73. The van der Waals surface area contributed by atoms with Gasteiger partial charge in [-0.05, 0) is 31.5 Å². The van der Waals surface area contributed by atoms with Gasteiger partial charge in [0, 0.05) is 5.69 Å². The van der Waals surface area contributed by atoms with Gasteiger partial charge < -0.3 is 0 Å². The summed E-state index contributed by atoms with van der Waals surface area (Å²) in [5, 5.41) is 0.172. The quantitative estimate of drug-likeness (QED) is 0.872. The van der Waals surface area contributed by atoms with Crippen molar-refractivity contribution in [1.82, 2.24) is 9.97 Å².